The van der Waals surface area contributed by atoms with Gasteiger partial charge in [0.05, 0.1) is 16.9 Å². The van der Waals surface area contributed by atoms with E-state index in [1.54, 1.807) is 0 Å². The minimum Gasteiger partial charge on any atom is -0.503 e. The van der Waals surface area contributed by atoms with Crippen LogP contribution in [0.15, 0.2) is 164 Å². The number of nitrogens with zero attached hydrogens (tertiary/aromatic N) is 4. The molecule has 1 aliphatic carbocycles. The summed E-state index contributed by atoms with van der Waals surface area (Å²) in [7, 11) is 0. The van der Waals surface area contributed by atoms with Crippen LogP contribution in [0.5, 0.6) is 11.5 Å². The Balaban J connectivity index is 0.00000631. The van der Waals surface area contributed by atoms with Crippen molar-refractivity contribution in [1.82, 2.24) is 19.1 Å². The Labute approximate surface area is 469 Å². The topological polar surface area (TPSA) is 44.9 Å². The fraction of sp³-hybridized carbons (Fsp3) is 0.268. The first kappa shape index (κ1) is 52.0. The maximum atomic E-state index is 7.04. The number of ether oxygens (including phenoxy) is 1. The van der Waals surface area contributed by atoms with Crippen LogP contribution in [0.2, 0.25) is 0 Å². The smallest absolute Gasteiger partial charge is 0.503 e. The summed E-state index contributed by atoms with van der Waals surface area (Å²) >= 11 is 0. The Morgan fingerprint density at radius 2 is 1.23 bits per heavy atom. The summed E-state index contributed by atoms with van der Waals surface area (Å²) < 4.78 is 11.6. The van der Waals surface area contributed by atoms with Crippen molar-refractivity contribution in [2.75, 3.05) is 0 Å². The predicted molar refractivity (Wildman–Crippen MR) is 318 cm³/mol. The SMILES string of the molecule is CC(C)(C)c1cc(Oc2[c-]c3c(cc2)c2cc(-c4cc5c6c(cccc6c4)C(C)(C)CC5(C)C)ccc2n3-c2cc(C(C)(C)C)ccn2)[c-]c(-c2nc3ccccc3n2-c2ccc(C(C)(C)C)cc2-c2ccccc2)c1.[Pt+2]. The standard InChI is InChI=1S/C71H68N4O.Pt/c1-67(2,3)49-27-31-60(55(40-49)44-20-15-14-16-21-44)75-62-25-18-17-24-59(62)73-66(75)48-35-51(69(7,8)9)39-53(36-48)76-52-28-29-54-56-37-45(26-30-61(56)74(63(54)42-52)64-41-50(32-33-72-64)68(4,5)6)47-34-46-22-19-23-57-65(46)58(38-47)71(12,13)43-70(57,10)11;/h14-35,37-41H,43H2,1-13H3;/q-2;+2. The van der Waals surface area contributed by atoms with E-state index >= 15 is 0 Å². The van der Waals surface area contributed by atoms with Crippen molar-refractivity contribution < 1.29 is 25.8 Å². The normalized spacial score (nSPS) is 14.4. The van der Waals surface area contributed by atoms with Crippen LogP contribution in [0.1, 0.15) is 124 Å². The number of fused-ring (bicyclic) bond motifs is 4. The van der Waals surface area contributed by atoms with Crippen molar-refractivity contribution >= 4 is 43.6 Å². The zero-order valence-electron chi connectivity index (χ0n) is 46.8. The summed E-state index contributed by atoms with van der Waals surface area (Å²) in [6.45, 7) is 29.9. The predicted octanol–water partition coefficient (Wildman–Crippen LogP) is 18.9. The van der Waals surface area contributed by atoms with Crippen LogP contribution in [-0.2, 0) is 48.1 Å². The zero-order valence-corrected chi connectivity index (χ0v) is 49.1. The molecule has 0 unspecified atom stereocenters. The number of aromatic nitrogens is 4. The van der Waals surface area contributed by atoms with Gasteiger partial charge in [0.2, 0.25) is 0 Å². The fourth-order valence-electron chi connectivity index (χ4n) is 12.2. The van der Waals surface area contributed by atoms with Gasteiger partial charge >= 0.3 is 21.1 Å². The molecule has 0 fully saturated rings. The van der Waals surface area contributed by atoms with Gasteiger partial charge in [0, 0.05) is 34.5 Å². The van der Waals surface area contributed by atoms with Crippen LogP contribution in [0.25, 0.3) is 88.8 Å². The maximum Gasteiger partial charge on any atom is 2.00 e. The summed E-state index contributed by atoms with van der Waals surface area (Å²) in [5, 5.41) is 4.92. The number of para-hydroxylation sites is 2. The second-order valence-corrected chi connectivity index (χ2v) is 25.8. The number of benzene rings is 8. The Kier molecular flexibility index (Phi) is 12.5. The van der Waals surface area contributed by atoms with Crippen molar-refractivity contribution in [3.63, 3.8) is 0 Å². The van der Waals surface area contributed by atoms with Gasteiger partial charge in [-0.3, -0.25) is 4.98 Å². The first-order valence-corrected chi connectivity index (χ1v) is 27.0. The van der Waals surface area contributed by atoms with Gasteiger partial charge in [-0.15, -0.1) is 34.7 Å². The molecule has 0 saturated carbocycles. The third kappa shape index (κ3) is 9.23. The van der Waals surface area contributed by atoms with Gasteiger partial charge in [-0.1, -0.05) is 187 Å². The minimum atomic E-state index is -0.221. The number of hydrogen-bond acceptors (Lipinski definition) is 3. The zero-order chi connectivity index (χ0) is 53.3. The first-order chi connectivity index (χ1) is 36.0. The molecule has 0 saturated heterocycles. The van der Waals surface area contributed by atoms with Crippen molar-refractivity contribution in [3.8, 4) is 56.6 Å². The van der Waals surface area contributed by atoms with Crippen molar-refractivity contribution in [3.05, 3.63) is 204 Å². The molecule has 11 aromatic rings. The number of pyridine rings is 1. The largest absolute Gasteiger partial charge is 2.00 e. The molecule has 0 radical (unpaired) electrons. The van der Waals surface area contributed by atoms with E-state index in [0.717, 1.165) is 78.8 Å². The van der Waals surface area contributed by atoms with E-state index in [1.807, 2.05) is 6.20 Å². The van der Waals surface area contributed by atoms with E-state index in [0.29, 0.717) is 11.5 Å². The summed E-state index contributed by atoms with van der Waals surface area (Å²) in [5.74, 6) is 2.81. The summed E-state index contributed by atoms with van der Waals surface area (Å²) in [6, 6.07) is 65.1. The van der Waals surface area contributed by atoms with Gasteiger partial charge in [-0.25, -0.2) is 4.98 Å². The van der Waals surface area contributed by atoms with E-state index in [4.69, 9.17) is 14.7 Å². The first-order valence-electron chi connectivity index (χ1n) is 27.0. The Morgan fingerprint density at radius 1 is 0.519 bits per heavy atom. The van der Waals surface area contributed by atoms with Crippen LogP contribution in [0.4, 0.5) is 0 Å². The molecule has 5 nitrogen and oxygen atoms in total. The third-order valence-electron chi connectivity index (χ3n) is 16.1. The molecule has 0 atom stereocenters. The van der Waals surface area contributed by atoms with E-state index in [-0.39, 0.29) is 48.1 Å². The number of rotatable bonds is 7. The Morgan fingerprint density at radius 3 is 1.99 bits per heavy atom. The molecule has 0 bridgehead atoms. The molecule has 6 heteroatoms. The summed E-state index contributed by atoms with van der Waals surface area (Å²) in [5.41, 5.74) is 16.7. The van der Waals surface area contributed by atoms with Gasteiger partial charge in [0.15, 0.2) is 0 Å². The molecule has 0 amide bonds. The van der Waals surface area contributed by atoms with Gasteiger partial charge in [0.25, 0.3) is 0 Å². The van der Waals surface area contributed by atoms with Crippen molar-refractivity contribution in [2.24, 2.45) is 0 Å². The minimum absolute atomic E-state index is 0. The van der Waals surface area contributed by atoms with Crippen LogP contribution in [0, 0.1) is 12.1 Å². The Hall–Kier alpha value is -7.07. The van der Waals surface area contributed by atoms with Gasteiger partial charge in [0.1, 0.15) is 5.82 Å². The fourth-order valence-corrected chi connectivity index (χ4v) is 12.2. The van der Waals surface area contributed by atoms with Crippen molar-refractivity contribution in [1.29, 1.82) is 0 Å². The molecular formula is C71H68N4OPt. The number of imidazole rings is 1. The molecule has 0 N–H and O–H groups in total. The van der Waals surface area contributed by atoms with E-state index in [9.17, 15) is 0 Å². The van der Waals surface area contributed by atoms with Crippen LogP contribution >= 0.6 is 0 Å². The third-order valence-corrected chi connectivity index (χ3v) is 16.1. The molecule has 77 heavy (non-hydrogen) atoms. The van der Waals surface area contributed by atoms with E-state index < -0.39 is 0 Å². The van der Waals surface area contributed by atoms with Crippen LogP contribution < -0.4 is 4.74 Å². The molecule has 0 aliphatic heterocycles. The van der Waals surface area contributed by atoms with Crippen molar-refractivity contribution in [2.45, 2.75) is 124 Å². The molecule has 8 aromatic carbocycles. The van der Waals surface area contributed by atoms with Crippen LogP contribution in [0.3, 0.4) is 0 Å². The van der Waals surface area contributed by atoms with E-state index in [1.165, 1.54) is 44.2 Å². The van der Waals surface area contributed by atoms with E-state index in [2.05, 4.69) is 269 Å². The molecule has 3 heterocycles. The summed E-state index contributed by atoms with van der Waals surface area (Å²) in [6.07, 6.45) is 3.02. The number of hydrogen-bond donors (Lipinski definition) is 0. The van der Waals surface area contributed by atoms with Gasteiger partial charge < -0.3 is 13.9 Å². The van der Waals surface area contributed by atoms with Gasteiger partial charge in [-0.2, -0.15) is 6.07 Å². The molecule has 388 valence electrons. The van der Waals surface area contributed by atoms with Gasteiger partial charge in [-0.05, 0) is 143 Å². The molecule has 0 spiro atoms. The molecule has 3 aromatic heterocycles. The second kappa shape index (κ2) is 18.6. The maximum absolute atomic E-state index is 7.04. The quantitative estimate of drug-likeness (QED) is 0.149. The molecule has 1 aliphatic rings. The van der Waals surface area contributed by atoms with Crippen LogP contribution in [-0.4, -0.2) is 19.1 Å². The molecule has 12 rings (SSSR count). The molecular weight excluding hydrogens is 1120 g/mol. The Bertz CT molecular complexity index is 4110. The summed E-state index contributed by atoms with van der Waals surface area (Å²) in [4.78, 5) is 10.5. The monoisotopic (exact) mass is 1190 g/mol. The average molecular weight is 1190 g/mol. The second-order valence-electron chi connectivity index (χ2n) is 25.8. The average Bonchev–Trinajstić information content (AvgIpc) is 3.93.